The van der Waals surface area contributed by atoms with Crippen LogP contribution in [-0.2, 0) is 11.3 Å². The third-order valence-corrected chi connectivity index (χ3v) is 4.09. The molecule has 0 aromatic heterocycles. The molecule has 1 unspecified atom stereocenters. The summed E-state index contributed by atoms with van der Waals surface area (Å²) in [5, 5.41) is 5.69. The van der Waals surface area contributed by atoms with Crippen molar-refractivity contribution in [1.82, 2.24) is 5.32 Å². The molecule has 1 heterocycles. The highest BCUT2D eigenvalue weighted by Gasteiger charge is 2.16. The van der Waals surface area contributed by atoms with Crippen molar-refractivity contribution in [3.8, 4) is 5.75 Å². The molecule has 2 aromatic rings. The van der Waals surface area contributed by atoms with E-state index in [4.69, 9.17) is 9.47 Å². The minimum absolute atomic E-state index is 0.175. The summed E-state index contributed by atoms with van der Waals surface area (Å²) in [6.45, 7) is 3.88. The number of benzene rings is 2. The minimum atomic E-state index is -0.238. The fraction of sp³-hybridized carbons (Fsp3) is 0.350. The number of amides is 2. The van der Waals surface area contributed by atoms with Crippen molar-refractivity contribution < 1.29 is 14.3 Å². The summed E-state index contributed by atoms with van der Waals surface area (Å²) in [6, 6.07) is 15.2. The number of nitrogens with one attached hydrogen (secondary N) is 2. The highest BCUT2D eigenvalue weighted by molar-refractivity contribution is 5.89. The number of carbonyl (C=O) groups is 1. The molecule has 0 aliphatic carbocycles. The van der Waals surface area contributed by atoms with Crippen LogP contribution in [0.4, 0.5) is 10.5 Å². The molecule has 5 nitrogen and oxygen atoms in total. The van der Waals surface area contributed by atoms with Crippen LogP contribution in [0.2, 0.25) is 0 Å². The number of hydrogen-bond acceptors (Lipinski definition) is 3. The van der Waals surface area contributed by atoms with Gasteiger partial charge in [-0.2, -0.15) is 0 Å². The first-order valence-electron chi connectivity index (χ1n) is 8.64. The third-order valence-electron chi connectivity index (χ3n) is 4.09. The number of carbonyl (C=O) groups excluding carboxylic acids is 1. The maximum absolute atomic E-state index is 12.1. The van der Waals surface area contributed by atoms with Crippen LogP contribution in [0, 0.1) is 6.92 Å². The summed E-state index contributed by atoms with van der Waals surface area (Å²) in [4.78, 5) is 12.1. The van der Waals surface area contributed by atoms with Crippen LogP contribution < -0.4 is 15.4 Å². The monoisotopic (exact) mass is 340 g/mol. The molecule has 25 heavy (non-hydrogen) atoms. The first-order valence-corrected chi connectivity index (χ1v) is 8.64. The molecule has 132 valence electrons. The Kier molecular flexibility index (Phi) is 5.90. The van der Waals surface area contributed by atoms with Gasteiger partial charge in [-0.1, -0.05) is 35.9 Å². The molecule has 0 radical (unpaired) electrons. The average Bonchev–Trinajstić information content (AvgIpc) is 3.12. The lowest BCUT2D eigenvalue weighted by Crippen LogP contribution is -2.28. The Balaban J connectivity index is 1.48. The topological polar surface area (TPSA) is 59.6 Å². The van der Waals surface area contributed by atoms with Gasteiger partial charge in [-0.15, -0.1) is 0 Å². The first-order chi connectivity index (χ1) is 12.2. The third kappa shape index (κ3) is 5.50. The lowest BCUT2D eigenvalue weighted by Gasteiger charge is -2.13. The molecule has 1 atom stereocenters. The zero-order valence-corrected chi connectivity index (χ0v) is 14.5. The number of rotatable bonds is 6. The van der Waals surface area contributed by atoms with Crippen molar-refractivity contribution in [2.24, 2.45) is 0 Å². The van der Waals surface area contributed by atoms with Crippen LogP contribution in [0.15, 0.2) is 48.5 Å². The van der Waals surface area contributed by atoms with Gasteiger partial charge in [0.2, 0.25) is 0 Å². The number of ether oxygens (including phenoxy) is 2. The molecule has 1 aliphatic heterocycles. The maximum atomic E-state index is 12.1. The van der Waals surface area contributed by atoms with E-state index in [0.717, 1.165) is 30.8 Å². The summed E-state index contributed by atoms with van der Waals surface area (Å²) in [6.07, 6.45) is 2.31. The SMILES string of the molecule is Cc1cccc(CNC(=O)Nc2cccc(OCC3CCCO3)c2)c1. The Morgan fingerprint density at radius 1 is 1.24 bits per heavy atom. The molecule has 0 spiro atoms. The molecule has 1 saturated heterocycles. The van der Waals surface area contributed by atoms with Gasteiger partial charge >= 0.3 is 6.03 Å². The second-order valence-corrected chi connectivity index (χ2v) is 6.27. The van der Waals surface area contributed by atoms with Crippen LogP contribution in [-0.4, -0.2) is 25.3 Å². The van der Waals surface area contributed by atoms with Gasteiger partial charge in [0.1, 0.15) is 12.4 Å². The van der Waals surface area contributed by atoms with Crippen LogP contribution >= 0.6 is 0 Å². The van der Waals surface area contributed by atoms with E-state index in [1.54, 1.807) is 0 Å². The van der Waals surface area contributed by atoms with E-state index in [1.807, 2.05) is 49.4 Å². The molecule has 5 heteroatoms. The van der Waals surface area contributed by atoms with E-state index >= 15 is 0 Å². The number of aryl methyl sites for hydroxylation is 1. The normalized spacial score (nSPS) is 16.4. The van der Waals surface area contributed by atoms with Gasteiger partial charge < -0.3 is 20.1 Å². The van der Waals surface area contributed by atoms with Crippen LogP contribution in [0.3, 0.4) is 0 Å². The van der Waals surface area contributed by atoms with Crippen molar-refractivity contribution in [3.63, 3.8) is 0 Å². The lowest BCUT2D eigenvalue weighted by molar-refractivity contribution is 0.0680. The van der Waals surface area contributed by atoms with E-state index in [-0.39, 0.29) is 12.1 Å². The molecule has 3 rings (SSSR count). The zero-order valence-electron chi connectivity index (χ0n) is 14.5. The highest BCUT2D eigenvalue weighted by atomic mass is 16.5. The van der Waals surface area contributed by atoms with Crippen LogP contribution in [0.25, 0.3) is 0 Å². The predicted molar refractivity (Wildman–Crippen MR) is 97.9 cm³/mol. The summed E-state index contributed by atoms with van der Waals surface area (Å²) in [5.41, 5.74) is 2.95. The molecule has 1 fully saturated rings. The molecular weight excluding hydrogens is 316 g/mol. The van der Waals surface area contributed by atoms with Crippen molar-refractivity contribution in [3.05, 3.63) is 59.7 Å². The standard InChI is InChI=1S/C20H24N2O3/c1-15-5-2-6-16(11-15)13-21-20(23)22-17-7-3-8-18(12-17)25-14-19-9-4-10-24-19/h2-3,5-8,11-12,19H,4,9-10,13-14H2,1H3,(H2,21,22,23). The van der Waals surface area contributed by atoms with E-state index < -0.39 is 0 Å². The molecule has 2 N–H and O–H groups in total. The summed E-state index contributed by atoms with van der Waals surface area (Å²) in [7, 11) is 0. The largest absolute Gasteiger partial charge is 0.491 e. The molecule has 0 bridgehead atoms. The number of urea groups is 1. The number of hydrogen-bond donors (Lipinski definition) is 2. The molecular formula is C20H24N2O3. The van der Waals surface area contributed by atoms with Crippen LogP contribution in [0.5, 0.6) is 5.75 Å². The van der Waals surface area contributed by atoms with Crippen molar-refractivity contribution in [2.75, 3.05) is 18.5 Å². The fourth-order valence-electron chi connectivity index (χ4n) is 2.81. The Labute approximate surface area is 148 Å². The Morgan fingerprint density at radius 3 is 2.92 bits per heavy atom. The summed E-state index contributed by atoms with van der Waals surface area (Å²) >= 11 is 0. The quantitative estimate of drug-likeness (QED) is 0.839. The fourth-order valence-corrected chi connectivity index (χ4v) is 2.81. The Hall–Kier alpha value is -2.53. The number of anilines is 1. The smallest absolute Gasteiger partial charge is 0.319 e. The highest BCUT2D eigenvalue weighted by Crippen LogP contribution is 2.19. The first kappa shape index (κ1) is 17.3. The Bertz CT molecular complexity index is 712. The van der Waals surface area contributed by atoms with E-state index in [2.05, 4.69) is 16.7 Å². The molecule has 1 aliphatic rings. The molecule has 2 amide bonds. The average molecular weight is 340 g/mol. The van der Waals surface area contributed by atoms with Crippen molar-refractivity contribution in [1.29, 1.82) is 0 Å². The summed E-state index contributed by atoms with van der Waals surface area (Å²) < 4.78 is 11.3. The van der Waals surface area contributed by atoms with Gasteiger partial charge in [0.25, 0.3) is 0 Å². The summed E-state index contributed by atoms with van der Waals surface area (Å²) in [5.74, 6) is 0.729. The minimum Gasteiger partial charge on any atom is -0.491 e. The van der Waals surface area contributed by atoms with Gasteiger partial charge in [-0.3, -0.25) is 0 Å². The predicted octanol–water partition coefficient (Wildman–Crippen LogP) is 3.87. The van der Waals surface area contributed by atoms with Gasteiger partial charge in [-0.25, -0.2) is 4.79 Å². The van der Waals surface area contributed by atoms with Gasteiger partial charge in [0, 0.05) is 24.9 Å². The van der Waals surface area contributed by atoms with Gasteiger partial charge in [0.05, 0.1) is 6.10 Å². The van der Waals surface area contributed by atoms with E-state index in [1.165, 1.54) is 5.56 Å². The van der Waals surface area contributed by atoms with Gasteiger partial charge in [0.15, 0.2) is 0 Å². The zero-order chi connectivity index (χ0) is 17.5. The van der Waals surface area contributed by atoms with E-state index in [9.17, 15) is 4.79 Å². The Morgan fingerprint density at radius 2 is 2.12 bits per heavy atom. The van der Waals surface area contributed by atoms with Gasteiger partial charge in [-0.05, 0) is 37.5 Å². The van der Waals surface area contributed by atoms with Crippen molar-refractivity contribution in [2.45, 2.75) is 32.4 Å². The molecule has 0 saturated carbocycles. The molecule has 2 aromatic carbocycles. The lowest BCUT2D eigenvalue weighted by atomic mass is 10.1. The van der Waals surface area contributed by atoms with Crippen LogP contribution in [0.1, 0.15) is 24.0 Å². The second-order valence-electron chi connectivity index (χ2n) is 6.27. The second kappa shape index (κ2) is 8.53. The van der Waals surface area contributed by atoms with E-state index in [0.29, 0.717) is 18.8 Å². The maximum Gasteiger partial charge on any atom is 0.319 e. The van der Waals surface area contributed by atoms with Crippen molar-refractivity contribution >= 4 is 11.7 Å².